The minimum absolute atomic E-state index is 0.122. The monoisotopic (exact) mass is 520 g/mol. The molecule has 0 spiro atoms. The zero-order valence-electron chi connectivity index (χ0n) is 19.0. The highest BCUT2D eigenvalue weighted by Gasteiger charge is 2.28. The second-order valence-corrected chi connectivity index (χ2v) is 10.5. The summed E-state index contributed by atoms with van der Waals surface area (Å²) in [4.78, 5) is 4.25. The number of ether oxygens (including phenoxy) is 1. The Morgan fingerprint density at radius 2 is 1.58 bits per heavy atom. The van der Waals surface area contributed by atoms with Crippen molar-refractivity contribution in [2.24, 2.45) is 0 Å². The maximum Gasteiger partial charge on any atom is 0.245 e. The molecule has 0 saturated heterocycles. The molecule has 0 fully saturated rings. The lowest BCUT2D eigenvalue weighted by molar-refractivity contribution is 0.306. The van der Waals surface area contributed by atoms with Crippen LogP contribution in [-0.4, -0.2) is 26.5 Å². The third kappa shape index (κ3) is 5.40. The second kappa shape index (κ2) is 10.5. The zero-order chi connectivity index (χ0) is 25.0. The first-order valence-corrected chi connectivity index (χ1v) is 13.2. The van der Waals surface area contributed by atoms with Gasteiger partial charge in [-0.1, -0.05) is 36.4 Å². The van der Waals surface area contributed by atoms with Crippen LogP contribution in [0.5, 0.6) is 5.75 Å². The van der Waals surface area contributed by atoms with Crippen LogP contribution in [0.3, 0.4) is 0 Å². The number of nitrogens with zero attached hydrogens (tertiary/aromatic N) is 4. The fourth-order valence-electron chi connectivity index (χ4n) is 3.69. The van der Waals surface area contributed by atoms with Crippen molar-refractivity contribution >= 4 is 32.8 Å². The van der Waals surface area contributed by atoms with Crippen LogP contribution < -0.4 is 4.74 Å². The number of halogens is 1. The van der Waals surface area contributed by atoms with Gasteiger partial charge in [0.25, 0.3) is 0 Å². The molecule has 7 nitrogen and oxygen atoms in total. The van der Waals surface area contributed by atoms with Crippen molar-refractivity contribution in [1.82, 2.24) is 18.0 Å². The number of rotatable bonds is 9. The molecule has 0 aliphatic carbocycles. The molecule has 0 amide bonds. The predicted molar refractivity (Wildman–Crippen MR) is 135 cm³/mol. The first kappa shape index (κ1) is 24.0. The summed E-state index contributed by atoms with van der Waals surface area (Å²) in [7, 11) is -3.91. The Morgan fingerprint density at radius 1 is 0.833 bits per heavy atom. The molecule has 182 valence electrons. The summed E-state index contributed by atoms with van der Waals surface area (Å²) in [5.74, 6) is 0.333. The Hall–Kier alpha value is -3.73. The first-order chi connectivity index (χ1) is 17.5. The van der Waals surface area contributed by atoms with Crippen molar-refractivity contribution in [2.75, 3.05) is 0 Å². The average Bonchev–Trinajstić information content (AvgIpc) is 3.38. The van der Waals surface area contributed by atoms with E-state index >= 15 is 0 Å². The van der Waals surface area contributed by atoms with Gasteiger partial charge < -0.3 is 4.74 Å². The van der Waals surface area contributed by atoms with Gasteiger partial charge >= 0.3 is 0 Å². The molecule has 0 radical (unpaired) electrons. The van der Waals surface area contributed by atoms with Gasteiger partial charge in [0.05, 0.1) is 11.7 Å². The van der Waals surface area contributed by atoms with E-state index in [4.69, 9.17) is 4.74 Å². The van der Waals surface area contributed by atoms with E-state index in [9.17, 15) is 12.8 Å². The van der Waals surface area contributed by atoms with Gasteiger partial charge in [0.15, 0.2) is 0 Å². The van der Waals surface area contributed by atoms with E-state index in [0.717, 1.165) is 28.4 Å². The maximum absolute atomic E-state index is 13.8. The number of fused-ring (bicyclic) bond motifs is 1. The van der Waals surface area contributed by atoms with Crippen LogP contribution in [0.25, 0.3) is 11.0 Å². The highest BCUT2D eigenvalue weighted by Crippen LogP contribution is 2.27. The number of hydrogen-bond acceptors (Lipinski definition) is 7. The highest BCUT2D eigenvalue weighted by atomic mass is 32.2. The number of benzene rings is 3. The van der Waals surface area contributed by atoms with Crippen molar-refractivity contribution in [3.8, 4) is 5.75 Å². The Bertz CT molecular complexity index is 1560. The van der Waals surface area contributed by atoms with E-state index < -0.39 is 10.0 Å². The first-order valence-electron chi connectivity index (χ1n) is 11.1. The molecule has 10 heteroatoms. The summed E-state index contributed by atoms with van der Waals surface area (Å²) in [5.41, 5.74) is 3.32. The lowest BCUT2D eigenvalue weighted by atomic mass is 10.2. The molecule has 0 aliphatic heterocycles. The summed E-state index contributed by atoms with van der Waals surface area (Å²) >= 11 is 0.983. The van der Waals surface area contributed by atoms with Crippen LogP contribution in [0.4, 0.5) is 4.39 Å². The van der Waals surface area contributed by atoms with Crippen molar-refractivity contribution < 1.29 is 17.5 Å². The van der Waals surface area contributed by atoms with Crippen molar-refractivity contribution in [2.45, 2.75) is 24.6 Å². The molecule has 3 aromatic carbocycles. The molecular formula is C26H21FN4O3S2. The van der Waals surface area contributed by atoms with Gasteiger partial charge in [-0.3, -0.25) is 4.98 Å². The van der Waals surface area contributed by atoms with Crippen LogP contribution in [0.15, 0.2) is 96.2 Å². The van der Waals surface area contributed by atoms with Crippen LogP contribution in [-0.2, 0) is 29.7 Å². The molecule has 5 aromatic rings. The molecule has 36 heavy (non-hydrogen) atoms. The molecular weight excluding hydrogens is 499 g/mol. The molecule has 0 unspecified atom stereocenters. The van der Waals surface area contributed by atoms with Crippen molar-refractivity contribution in [3.63, 3.8) is 0 Å². The lowest BCUT2D eigenvalue weighted by Crippen LogP contribution is -2.30. The smallest absolute Gasteiger partial charge is 0.245 e. The zero-order valence-corrected chi connectivity index (χ0v) is 20.6. The Kier molecular flexibility index (Phi) is 6.99. The third-order valence-corrected chi connectivity index (χ3v) is 7.92. The SMILES string of the molecule is O=S(=O)(c1cccc2nsnc12)N(Cc1ccc(OCc2ccc(F)cc2)cc1)Cc1cccnc1. The van der Waals surface area contributed by atoms with E-state index in [1.807, 2.05) is 18.2 Å². The van der Waals surface area contributed by atoms with Gasteiger partial charge in [-0.25, -0.2) is 12.8 Å². The molecule has 0 saturated carbocycles. The van der Waals surface area contributed by atoms with E-state index in [0.29, 0.717) is 23.4 Å². The molecule has 0 bridgehead atoms. The minimum atomic E-state index is -3.91. The normalized spacial score (nSPS) is 11.7. The number of hydrogen-bond donors (Lipinski definition) is 0. The quantitative estimate of drug-likeness (QED) is 0.266. The lowest BCUT2D eigenvalue weighted by Gasteiger charge is -2.22. The van der Waals surface area contributed by atoms with Gasteiger partial charge in [-0.05, 0) is 59.2 Å². The standard InChI is InChI=1S/C26H21FN4O3S2/c27-22-10-6-20(7-11-22)18-34-23-12-8-19(9-13-23)16-31(17-21-3-2-14-28-15-21)36(32,33)25-5-1-4-24-26(25)30-35-29-24/h1-15H,16-18H2. The summed E-state index contributed by atoms with van der Waals surface area (Å²) in [6.45, 7) is 0.586. The average molecular weight is 521 g/mol. The summed E-state index contributed by atoms with van der Waals surface area (Å²) in [6, 6.07) is 22.0. The number of aromatic nitrogens is 3. The fourth-order valence-corrected chi connectivity index (χ4v) is 5.86. The number of pyridine rings is 1. The second-order valence-electron chi connectivity index (χ2n) is 8.08. The largest absolute Gasteiger partial charge is 0.489 e. The van der Waals surface area contributed by atoms with Gasteiger partial charge in [-0.15, -0.1) is 0 Å². The van der Waals surface area contributed by atoms with E-state index in [-0.39, 0.29) is 23.8 Å². The summed E-state index contributed by atoms with van der Waals surface area (Å²) in [6.07, 6.45) is 3.30. The molecule has 0 atom stereocenters. The predicted octanol–water partition coefficient (Wildman–Crippen LogP) is 5.20. The maximum atomic E-state index is 13.8. The minimum Gasteiger partial charge on any atom is -0.489 e. The van der Waals surface area contributed by atoms with E-state index in [2.05, 4.69) is 13.7 Å². The topological polar surface area (TPSA) is 85.3 Å². The van der Waals surface area contributed by atoms with Gasteiger partial charge in [0.2, 0.25) is 10.0 Å². The number of sulfonamides is 1. The van der Waals surface area contributed by atoms with E-state index in [1.165, 1.54) is 16.4 Å². The van der Waals surface area contributed by atoms with Gasteiger partial charge in [0, 0.05) is 25.5 Å². The van der Waals surface area contributed by atoms with Gasteiger partial charge in [0.1, 0.15) is 34.1 Å². The van der Waals surface area contributed by atoms with Gasteiger partial charge in [-0.2, -0.15) is 13.1 Å². The summed E-state index contributed by atoms with van der Waals surface area (Å²) < 4.78 is 56.3. The molecule has 2 heterocycles. The van der Waals surface area contributed by atoms with Crippen molar-refractivity contribution in [1.29, 1.82) is 0 Å². The summed E-state index contributed by atoms with van der Waals surface area (Å²) in [5, 5.41) is 0. The molecule has 5 rings (SSSR count). The third-order valence-electron chi connectivity index (χ3n) is 5.55. The molecule has 0 aliphatic rings. The fraction of sp³-hybridized carbons (Fsp3) is 0.115. The van der Waals surface area contributed by atoms with Crippen LogP contribution in [0.2, 0.25) is 0 Å². The Balaban J connectivity index is 1.38. The Labute approximate surface area is 212 Å². The van der Waals surface area contributed by atoms with Crippen molar-refractivity contribution in [3.05, 3.63) is 114 Å². The highest BCUT2D eigenvalue weighted by molar-refractivity contribution is 7.89. The van der Waals surface area contributed by atoms with Crippen LogP contribution >= 0.6 is 11.7 Å². The Morgan fingerprint density at radius 3 is 2.33 bits per heavy atom. The molecule has 0 N–H and O–H groups in total. The van der Waals surface area contributed by atoms with E-state index in [1.54, 1.807) is 60.9 Å². The van der Waals surface area contributed by atoms with Crippen LogP contribution in [0.1, 0.15) is 16.7 Å². The molecule has 2 aromatic heterocycles. The van der Waals surface area contributed by atoms with Crippen LogP contribution in [0, 0.1) is 5.82 Å².